The van der Waals surface area contributed by atoms with Crippen LogP contribution in [-0.4, -0.2) is 60.6 Å². The molecule has 2 saturated heterocycles. The van der Waals surface area contributed by atoms with Crippen LogP contribution in [0, 0.1) is 5.92 Å². The highest BCUT2D eigenvalue weighted by molar-refractivity contribution is 6.08. The lowest BCUT2D eigenvalue weighted by Gasteiger charge is -2.29. The minimum atomic E-state index is -0.141. The molecular formula is C25H37N3O5. The third kappa shape index (κ3) is 8.70. The van der Waals surface area contributed by atoms with Gasteiger partial charge < -0.3 is 10.5 Å². The summed E-state index contributed by atoms with van der Waals surface area (Å²) in [4.78, 5) is 47.5. The van der Waals surface area contributed by atoms with Crippen LogP contribution in [0.25, 0.3) is 0 Å². The van der Waals surface area contributed by atoms with E-state index in [9.17, 15) is 19.2 Å². The highest BCUT2D eigenvalue weighted by atomic mass is 16.5. The fourth-order valence-corrected chi connectivity index (χ4v) is 3.78. The van der Waals surface area contributed by atoms with Gasteiger partial charge in [0.15, 0.2) is 11.6 Å². The first-order chi connectivity index (χ1) is 15.7. The molecule has 1 aromatic carbocycles. The monoisotopic (exact) mass is 459 g/mol. The Morgan fingerprint density at radius 2 is 1.85 bits per heavy atom. The average Bonchev–Trinajstić information content (AvgIpc) is 2.78. The van der Waals surface area contributed by atoms with E-state index in [0.717, 1.165) is 38.9 Å². The van der Waals surface area contributed by atoms with Crippen molar-refractivity contribution < 1.29 is 23.9 Å². The van der Waals surface area contributed by atoms with Crippen molar-refractivity contribution in [3.05, 3.63) is 29.3 Å². The zero-order valence-corrected chi connectivity index (χ0v) is 20.0. The second-order valence-corrected chi connectivity index (χ2v) is 8.82. The number of ether oxygens (including phenoxy) is 1. The highest BCUT2D eigenvalue weighted by Crippen LogP contribution is 2.21. The fraction of sp³-hybridized carbons (Fsp3) is 0.600. The summed E-state index contributed by atoms with van der Waals surface area (Å²) in [6.07, 6.45) is 4.48. The second-order valence-electron chi connectivity index (χ2n) is 8.82. The molecule has 0 aliphatic carbocycles. The fourth-order valence-electron chi connectivity index (χ4n) is 3.78. The third-order valence-electron chi connectivity index (χ3n) is 5.97. The van der Waals surface area contributed by atoms with Crippen LogP contribution in [0.2, 0.25) is 0 Å². The molecule has 2 fully saturated rings. The number of likely N-dealkylation sites (tertiary alicyclic amines) is 1. The number of benzene rings is 1. The van der Waals surface area contributed by atoms with E-state index in [4.69, 9.17) is 10.5 Å². The van der Waals surface area contributed by atoms with E-state index in [1.165, 1.54) is 6.92 Å². The molecule has 3 N–H and O–H groups in total. The first-order valence-electron chi connectivity index (χ1n) is 11.8. The number of rotatable bonds is 8. The molecule has 33 heavy (non-hydrogen) atoms. The van der Waals surface area contributed by atoms with Gasteiger partial charge in [-0.2, -0.15) is 0 Å². The second kappa shape index (κ2) is 13.2. The van der Waals surface area contributed by atoms with E-state index >= 15 is 0 Å². The minimum Gasteiger partial charge on any atom is -0.492 e. The number of carbonyl (C=O) groups is 4. The summed E-state index contributed by atoms with van der Waals surface area (Å²) >= 11 is 0. The summed E-state index contributed by atoms with van der Waals surface area (Å²) < 4.78 is 5.78. The van der Waals surface area contributed by atoms with Gasteiger partial charge in [0, 0.05) is 42.5 Å². The Morgan fingerprint density at radius 3 is 2.42 bits per heavy atom. The summed E-state index contributed by atoms with van der Waals surface area (Å²) in [6.45, 7) is 8.69. The number of amides is 2. The molecule has 2 heterocycles. The summed E-state index contributed by atoms with van der Waals surface area (Å²) in [6, 6.07) is 5.51. The van der Waals surface area contributed by atoms with Crippen LogP contribution in [0.4, 0.5) is 0 Å². The number of Topliss-reactive ketones (excluding diaryl/α,β-unsaturated/α-hetero) is 2. The standard InChI is InChI=1S/C19H28N2O3.C6H9NO2/c1-3-4-19(23)17-6-5-16(13-18(17)14(2)22)24-12-11-21-9-7-15(20)8-10-21;1-4-2-3-5(8)7-6(4)9/h5-6,13,15H,3-4,7-12,20H2,1-2H3;4H,2-3H2,1H3,(H,7,8,9). The zero-order valence-electron chi connectivity index (χ0n) is 20.0. The smallest absolute Gasteiger partial charge is 0.229 e. The SMILES string of the molecule is CC1CCC(=O)NC1=O.CCCC(=O)c1ccc(OCCN2CCC(N)CC2)cc1C(C)=O. The van der Waals surface area contributed by atoms with Gasteiger partial charge in [-0.25, -0.2) is 0 Å². The number of piperidine rings is 2. The molecule has 1 atom stereocenters. The average molecular weight is 460 g/mol. The lowest BCUT2D eigenvalue weighted by atomic mass is 9.98. The van der Waals surface area contributed by atoms with E-state index in [1.807, 2.05) is 13.8 Å². The predicted octanol–water partition coefficient (Wildman–Crippen LogP) is 2.73. The van der Waals surface area contributed by atoms with Crippen LogP contribution < -0.4 is 15.8 Å². The van der Waals surface area contributed by atoms with Crippen LogP contribution >= 0.6 is 0 Å². The van der Waals surface area contributed by atoms with Crippen molar-refractivity contribution in [2.45, 2.75) is 65.3 Å². The van der Waals surface area contributed by atoms with Crippen molar-refractivity contribution in [3.63, 3.8) is 0 Å². The van der Waals surface area contributed by atoms with Gasteiger partial charge in [-0.15, -0.1) is 0 Å². The molecule has 3 rings (SSSR count). The van der Waals surface area contributed by atoms with Gasteiger partial charge in [-0.05, 0) is 63.9 Å². The molecule has 0 saturated carbocycles. The lowest BCUT2D eigenvalue weighted by molar-refractivity contribution is -0.135. The molecule has 2 aliphatic rings. The molecule has 0 aromatic heterocycles. The Bertz CT molecular complexity index is 846. The van der Waals surface area contributed by atoms with Gasteiger partial charge >= 0.3 is 0 Å². The maximum absolute atomic E-state index is 12.1. The molecule has 0 bridgehead atoms. The summed E-state index contributed by atoms with van der Waals surface area (Å²) in [5.74, 6) is 0.290. The first-order valence-corrected chi connectivity index (χ1v) is 11.8. The van der Waals surface area contributed by atoms with Crippen molar-refractivity contribution in [1.82, 2.24) is 10.2 Å². The number of nitrogens with zero attached hydrogens (tertiary/aromatic N) is 1. The third-order valence-corrected chi connectivity index (χ3v) is 5.97. The number of nitrogens with one attached hydrogen (secondary N) is 1. The number of hydrogen-bond donors (Lipinski definition) is 2. The molecule has 2 aliphatic heterocycles. The van der Waals surface area contributed by atoms with Crippen LogP contribution in [-0.2, 0) is 9.59 Å². The van der Waals surface area contributed by atoms with Crippen LogP contribution in [0.1, 0.15) is 80.0 Å². The molecule has 8 nitrogen and oxygen atoms in total. The predicted molar refractivity (Wildman–Crippen MR) is 126 cm³/mol. The quantitative estimate of drug-likeness (QED) is 0.453. The summed E-state index contributed by atoms with van der Waals surface area (Å²) in [5, 5.41) is 2.25. The van der Waals surface area contributed by atoms with Gasteiger partial charge in [0.2, 0.25) is 11.8 Å². The van der Waals surface area contributed by atoms with Crippen LogP contribution in [0.3, 0.4) is 0 Å². The Kier molecular flexibility index (Phi) is 10.7. The minimum absolute atomic E-state index is 0.0129. The van der Waals surface area contributed by atoms with E-state index in [0.29, 0.717) is 48.8 Å². The number of imide groups is 1. The first kappa shape index (κ1) is 26.7. The normalized spacial score (nSPS) is 19.3. The number of hydrogen-bond acceptors (Lipinski definition) is 7. The molecule has 0 spiro atoms. The van der Waals surface area contributed by atoms with Crippen molar-refractivity contribution in [1.29, 1.82) is 0 Å². The van der Waals surface area contributed by atoms with Gasteiger partial charge in [-0.3, -0.25) is 29.4 Å². The number of nitrogens with two attached hydrogens (primary N) is 1. The van der Waals surface area contributed by atoms with Crippen LogP contribution in [0.5, 0.6) is 5.75 Å². The zero-order chi connectivity index (χ0) is 24.4. The van der Waals surface area contributed by atoms with Crippen molar-refractivity contribution in [2.24, 2.45) is 11.7 Å². The summed E-state index contributed by atoms with van der Waals surface area (Å²) in [7, 11) is 0. The molecule has 1 unspecified atom stereocenters. The number of ketones is 2. The Balaban J connectivity index is 0.000000357. The van der Waals surface area contributed by atoms with Gasteiger partial charge in [0.1, 0.15) is 12.4 Å². The number of carbonyl (C=O) groups excluding carboxylic acids is 4. The molecule has 182 valence electrons. The Morgan fingerprint density at radius 1 is 1.15 bits per heavy atom. The molecular weight excluding hydrogens is 422 g/mol. The van der Waals surface area contributed by atoms with Gasteiger partial charge in [0.05, 0.1) is 0 Å². The molecule has 2 amide bonds. The topological polar surface area (TPSA) is 119 Å². The Labute approximate surface area is 196 Å². The molecule has 1 aromatic rings. The molecule has 8 heteroatoms. The maximum Gasteiger partial charge on any atom is 0.229 e. The van der Waals surface area contributed by atoms with Crippen molar-refractivity contribution in [2.75, 3.05) is 26.2 Å². The summed E-state index contributed by atoms with van der Waals surface area (Å²) in [5.41, 5.74) is 6.86. The highest BCUT2D eigenvalue weighted by Gasteiger charge is 2.21. The molecule has 0 radical (unpaired) electrons. The van der Waals surface area contributed by atoms with Gasteiger partial charge in [0.25, 0.3) is 0 Å². The maximum atomic E-state index is 12.1. The van der Waals surface area contributed by atoms with Gasteiger partial charge in [-0.1, -0.05) is 13.8 Å². The lowest BCUT2D eigenvalue weighted by Crippen LogP contribution is -2.41. The van der Waals surface area contributed by atoms with Crippen LogP contribution in [0.15, 0.2) is 18.2 Å². The van der Waals surface area contributed by atoms with E-state index < -0.39 is 0 Å². The largest absolute Gasteiger partial charge is 0.492 e. The van der Waals surface area contributed by atoms with Crippen molar-refractivity contribution >= 4 is 23.4 Å². The van der Waals surface area contributed by atoms with E-state index in [2.05, 4.69) is 10.2 Å². The van der Waals surface area contributed by atoms with Crippen molar-refractivity contribution in [3.8, 4) is 5.75 Å². The van der Waals surface area contributed by atoms with E-state index in [-0.39, 0.29) is 29.3 Å². The van der Waals surface area contributed by atoms with E-state index in [1.54, 1.807) is 18.2 Å². The Hall–Kier alpha value is -2.58.